The molecule has 0 atom stereocenters. The zero-order valence-electron chi connectivity index (χ0n) is 7.70. The summed E-state index contributed by atoms with van der Waals surface area (Å²) < 4.78 is 13.6. The summed E-state index contributed by atoms with van der Waals surface area (Å²) in [5.74, 6) is -0.0307. The molecule has 0 fully saturated rings. The van der Waals surface area contributed by atoms with Crippen LogP contribution in [0.1, 0.15) is 19.5 Å². The molecule has 0 aromatic carbocycles. The summed E-state index contributed by atoms with van der Waals surface area (Å²) in [5, 5.41) is 7.14. The molecule has 1 aromatic rings. The van der Waals surface area contributed by atoms with Crippen molar-refractivity contribution < 1.29 is 9.18 Å². The number of nitrogens with zero attached hydrogens (tertiary/aromatic N) is 3. The van der Waals surface area contributed by atoms with Crippen LogP contribution in [0.25, 0.3) is 0 Å². The maximum absolute atomic E-state index is 12.3. The van der Waals surface area contributed by atoms with Crippen LogP contribution in [0.15, 0.2) is 6.20 Å². The van der Waals surface area contributed by atoms with Crippen molar-refractivity contribution in [3.63, 3.8) is 0 Å². The molecule has 0 spiro atoms. The number of hydrogen-bond donors (Lipinski definition) is 0. The van der Waals surface area contributed by atoms with Crippen molar-refractivity contribution in [1.82, 2.24) is 15.0 Å². The van der Waals surface area contributed by atoms with Gasteiger partial charge in [0, 0.05) is 5.92 Å². The minimum absolute atomic E-state index is 0.0280. The van der Waals surface area contributed by atoms with Gasteiger partial charge in [-0.2, -0.15) is 0 Å². The van der Waals surface area contributed by atoms with Gasteiger partial charge in [-0.25, -0.2) is 9.07 Å². The van der Waals surface area contributed by atoms with Gasteiger partial charge in [0.15, 0.2) is 5.78 Å². The van der Waals surface area contributed by atoms with Crippen LogP contribution in [0.5, 0.6) is 0 Å². The molecule has 0 bridgehead atoms. The highest BCUT2D eigenvalue weighted by Gasteiger charge is 2.11. The molecule has 0 unspecified atom stereocenters. The zero-order valence-corrected chi connectivity index (χ0v) is 7.70. The number of carbonyl (C=O) groups excluding carboxylic acids is 1. The highest BCUT2D eigenvalue weighted by Crippen LogP contribution is 2.02. The summed E-state index contributed by atoms with van der Waals surface area (Å²) in [6, 6.07) is 0. The maximum Gasteiger partial charge on any atom is 0.156 e. The van der Waals surface area contributed by atoms with Crippen molar-refractivity contribution in [2.24, 2.45) is 5.92 Å². The van der Waals surface area contributed by atoms with Gasteiger partial charge >= 0.3 is 0 Å². The molecule has 1 heterocycles. The predicted molar refractivity (Wildman–Crippen MR) is 44.7 cm³/mol. The molecule has 0 aliphatic heterocycles. The smallest absolute Gasteiger partial charge is 0.156 e. The van der Waals surface area contributed by atoms with E-state index in [1.54, 1.807) is 13.8 Å². The van der Waals surface area contributed by atoms with E-state index in [1.165, 1.54) is 10.9 Å². The molecule has 0 amide bonds. The second kappa shape index (κ2) is 4.11. The molecule has 13 heavy (non-hydrogen) atoms. The molecule has 72 valence electrons. The summed E-state index contributed by atoms with van der Waals surface area (Å²) in [7, 11) is 0. The SMILES string of the molecule is CC(C)C(=O)Cn1nncc1C[18F]. The average Bonchev–Trinajstić information content (AvgIpc) is 2.51. The van der Waals surface area contributed by atoms with E-state index in [2.05, 4.69) is 10.3 Å². The first-order valence-corrected chi connectivity index (χ1v) is 4.11. The van der Waals surface area contributed by atoms with E-state index in [0.29, 0.717) is 5.69 Å². The molecule has 1 aromatic heterocycles. The van der Waals surface area contributed by atoms with Crippen LogP contribution in [0, 0.1) is 5.92 Å². The Morgan fingerprint density at radius 3 is 2.92 bits per heavy atom. The predicted octanol–water partition coefficient (Wildman–Crippen LogP) is 0.973. The number of hydrogen-bond acceptors (Lipinski definition) is 3. The quantitative estimate of drug-likeness (QED) is 0.700. The Labute approximate surface area is 75.7 Å². The van der Waals surface area contributed by atoms with Gasteiger partial charge in [0.2, 0.25) is 0 Å². The summed E-state index contributed by atoms with van der Waals surface area (Å²) in [4.78, 5) is 11.3. The number of halogens is 1. The van der Waals surface area contributed by atoms with E-state index in [-0.39, 0.29) is 18.2 Å². The van der Waals surface area contributed by atoms with E-state index in [1.807, 2.05) is 0 Å². The van der Waals surface area contributed by atoms with E-state index in [0.717, 1.165) is 0 Å². The number of alkyl halides is 1. The molecule has 0 radical (unpaired) electrons. The summed E-state index contributed by atoms with van der Waals surface area (Å²) in [5.41, 5.74) is 0.342. The van der Waals surface area contributed by atoms with Crippen LogP contribution in [0.4, 0.5) is 4.39 Å². The lowest BCUT2D eigenvalue weighted by atomic mass is 10.1. The normalized spacial score (nSPS) is 10.8. The number of rotatable bonds is 4. The van der Waals surface area contributed by atoms with E-state index in [4.69, 9.17) is 0 Å². The lowest BCUT2D eigenvalue weighted by molar-refractivity contribution is -0.122. The molecule has 0 saturated heterocycles. The average molecular weight is 184 g/mol. The molecule has 0 aliphatic carbocycles. The third-order valence-electron chi connectivity index (χ3n) is 1.78. The van der Waals surface area contributed by atoms with Crippen LogP contribution in [0.2, 0.25) is 0 Å². The van der Waals surface area contributed by atoms with Crippen LogP contribution >= 0.6 is 0 Å². The van der Waals surface area contributed by atoms with Crippen molar-refractivity contribution in [3.05, 3.63) is 11.9 Å². The zero-order chi connectivity index (χ0) is 9.84. The van der Waals surface area contributed by atoms with Crippen molar-refractivity contribution in [2.45, 2.75) is 27.1 Å². The number of ketones is 1. The third-order valence-corrected chi connectivity index (χ3v) is 1.78. The minimum Gasteiger partial charge on any atom is -0.297 e. The Balaban J connectivity index is 2.68. The molecule has 4 nitrogen and oxygen atoms in total. The van der Waals surface area contributed by atoms with Gasteiger partial charge in [0.25, 0.3) is 0 Å². The van der Waals surface area contributed by atoms with Crippen molar-refractivity contribution >= 4 is 5.78 Å². The Morgan fingerprint density at radius 1 is 1.69 bits per heavy atom. The highest BCUT2D eigenvalue weighted by molar-refractivity contribution is 5.79. The Morgan fingerprint density at radius 2 is 2.38 bits per heavy atom. The van der Waals surface area contributed by atoms with Gasteiger partial charge < -0.3 is 0 Å². The lowest BCUT2D eigenvalue weighted by Crippen LogP contribution is -2.18. The van der Waals surface area contributed by atoms with E-state index in [9.17, 15) is 9.18 Å². The monoisotopic (exact) mass is 184 g/mol. The molecule has 1 rings (SSSR count). The molecule has 0 aliphatic rings. The van der Waals surface area contributed by atoms with Crippen LogP contribution in [-0.4, -0.2) is 20.8 Å². The Kier molecular flexibility index (Phi) is 3.11. The number of carbonyl (C=O) groups is 1. The molecule has 5 heteroatoms. The molecular formula is C8H12FN3O. The summed E-state index contributed by atoms with van der Waals surface area (Å²) in [6.45, 7) is 3.07. The van der Waals surface area contributed by atoms with Gasteiger partial charge in [-0.15, -0.1) is 5.10 Å². The number of Topliss-reactive ketones (excluding diaryl/α,β-unsaturated/α-hetero) is 1. The number of aromatic nitrogens is 3. The van der Waals surface area contributed by atoms with Crippen LogP contribution in [0.3, 0.4) is 0 Å². The first-order chi connectivity index (χ1) is 6.15. The largest absolute Gasteiger partial charge is 0.297 e. The fraction of sp³-hybridized carbons (Fsp3) is 0.625. The molecule has 0 N–H and O–H groups in total. The topological polar surface area (TPSA) is 47.8 Å². The van der Waals surface area contributed by atoms with Gasteiger partial charge in [-0.05, 0) is 0 Å². The van der Waals surface area contributed by atoms with Crippen LogP contribution in [-0.2, 0) is 18.0 Å². The fourth-order valence-electron chi connectivity index (χ4n) is 0.846. The van der Waals surface area contributed by atoms with E-state index >= 15 is 0 Å². The highest BCUT2D eigenvalue weighted by atomic mass is 18.2. The Bertz CT molecular complexity index is 295. The standard InChI is InChI=1S/C8H12FN3O/c1-6(2)8(13)5-12-7(3-9)4-10-11-12/h4,6H,3,5H2,1-2H3/i9-1. The maximum atomic E-state index is 12.3. The van der Waals surface area contributed by atoms with Gasteiger partial charge in [0.1, 0.15) is 13.2 Å². The van der Waals surface area contributed by atoms with Crippen molar-refractivity contribution in [1.29, 1.82) is 0 Å². The molecule has 0 saturated carbocycles. The van der Waals surface area contributed by atoms with Gasteiger partial charge in [0.05, 0.1) is 11.9 Å². The van der Waals surface area contributed by atoms with Crippen molar-refractivity contribution in [3.8, 4) is 0 Å². The molecular weight excluding hydrogens is 172 g/mol. The first-order valence-electron chi connectivity index (χ1n) is 4.11. The van der Waals surface area contributed by atoms with Crippen molar-refractivity contribution in [2.75, 3.05) is 0 Å². The van der Waals surface area contributed by atoms with Crippen LogP contribution < -0.4 is 0 Å². The lowest BCUT2D eigenvalue weighted by Gasteiger charge is -2.04. The summed E-state index contributed by atoms with van der Waals surface area (Å²) >= 11 is 0. The fourth-order valence-corrected chi connectivity index (χ4v) is 0.846. The van der Waals surface area contributed by atoms with E-state index < -0.39 is 6.67 Å². The first kappa shape index (κ1) is 9.83. The Hall–Kier alpha value is -1.26. The van der Waals surface area contributed by atoms with Gasteiger partial charge in [-0.1, -0.05) is 19.1 Å². The second-order valence-electron chi connectivity index (χ2n) is 3.14. The summed E-state index contributed by atoms with van der Waals surface area (Å²) in [6.07, 6.45) is 1.33. The van der Waals surface area contributed by atoms with Gasteiger partial charge in [-0.3, -0.25) is 4.79 Å². The second-order valence-corrected chi connectivity index (χ2v) is 3.14. The minimum atomic E-state index is -0.641. The third kappa shape index (κ3) is 2.34.